The third-order valence-corrected chi connectivity index (χ3v) is 2.94. The number of carboxylic acid groups (broad SMARTS) is 1. The fourth-order valence-electron chi connectivity index (χ4n) is 1.90. The quantitative estimate of drug-likeness (QED) is 0.820. The van der Waals surface area contributed by atoms with Gasteiger partial charge in [-0.2, -0.15) is 0 Å². The number of hydrogen-bond donors (Lipinski definition) is 2. The van der Waals surface area contributed by atoms with E-state index >= 15 is 0 Å². The van der Waals surface area contributed by atoms with E-state index in [4.69, 9.17) is 16.7 Å². The van der Waals surface area contributed by atoms with Crippen molar-refractivity contribution in [2.75, 3.05) is 0 Å². The van der Waals surface area contributed by atoms with E-state index in [1.807, 2.05) is 0 Å². The smallest absolute Gasteiger partial charge is 0.326 e. The van der Waals surface area contributed by atoms with E-state index in [0.717, 1.165) is 5.56 Å². The van der Waals surface area contributed by atoms with Gasteiger partial charge in [0.1, 0.15) is 6.04 Å². The normalized spacial score (nSPS) is 24.2. The van der Waals surface area contributed by atoms with Gasteiger partial charge >= 0.3 is 5.97 Å². The van der Waals surface area contributed by atoms with E-state index in [9.17, 15) is 9.59 Å². The average molecular weight is 240 g/mol. The molecule has 0 saturated carbocycles. The first-order valence-corrected chi connectivity index (χ1v) is 5.23. The number of amides is 1. The van der Waals surface area contributed by atoms with Crippen LogP contribution in [0.2, 0.25) is 5.02 Å². The fourth-order valence-corrected chi connectivity index (χ4v) is 2.03. The maximum absolute atomic E-state index is 11.2. The van der Waals surface area contributed by atoms with Gasteiger partial charge in [-0.25, -0.2) is 4.79 Å². The lowest BCUT2D eigenvalue weighted by molar-refractivity contribution is -0.140. The van der Waals surface area contributed by atoms with Gasteiger partial charge in [-0.1, -0.05) is 23.7 Å². The standard InChI is InChI=1S/C11H10ClNO3/c12-7-3-1-6(2-4-7)8-5-9(14)13-10(8)11(15)16/h1-4,8,10H,5H2,(H,13,14)(H,15,16). The highest BCUT2D eigenvalue weighted by Crippen LogP contribution is 2.29. The van der Waals surface area contributed by atoms with E-state index in [2.05, 4.69) is 5.32 Å². The minimum atomic E-state index is -1.01. The van der Waals surface area contributed by atoms with Crippen LogP contribution in [0.25, 0.3) is 0 Å². The number of hydrogen-bond acceptors (Lipinski definition) is 2. The second kappa shape index (κ2) is 4.14. The average Bonchev–Trinajstić information content (AvgIpc) is 2.61. The van der Waals surface area contributed by atoms with E-state index in [0.29, 0.717) is 5.02 Å². The van der Waals surface area contributed by atoms with Crippen molar-refractivity contribution in [2.24, 2.45) is 0 Å². The van der Waals surface area contributed by atoms with Crippen LogP contribution in [0.1, 0.15) is 17.9 Å². The highest BCUT2D eigenvalue weighted by atomic mass is 35.5. The van der Waals surface area contributed by atoms with Crippen molar-refractivity contribution < 1.29 is 14.7 Å². The number of carbonyl (C=O) groups excluding carboxylic acids is 1. The summed E-state index contributed by atoms with van der Waals surface area (Å²) in [6.45, 7) is 0. The predicted octanol–water partition coefficient (Wildman–Crippen LogP) is 1.40. The molecule has 1 aliphatic rings. The summed E-state index contributed by atoms with van der Waals surface area (Å²) in [5, 5.41) is 12.0. The lowest BCUT2D eigenvalue weighted by Gasteiger charge is -2.14. The first-order chi connectivity index (χ1) is 7.58. The van der Waals surface area contributed by atoms with Crippen LogP contribution in [0.15, 0.2) is 24.3 Å². The Balaban J connectivity index is 2.28. The van der Waals surface area contributed by atoms with E-state index < -0.39 is 12.0 Å². The Morgan fingerprint density at radius 3 is 2.56 bits per heavy atom. The van der Waals surface area contributed by atoms with Crippen molar-refractivity contribution >= 4 is 23.5 Å². The van der Waals surface area contributed by atoms with Crippen LogP contribution in [0.5, 0.6) is 0 Å². The fraction of sp³-hybridized carbons (Fsp3) is 0.273. The molecule has 1 aromatic rings. The Kier molecular flexibility index (Phi) is 2.83. The molecular formula is C11H10ClNO3. The highest BCUT2D eigenvalue weighted by molar-refractivity contribution is 6.30. The van der Waals surface area contributed by atoms with Crippen molar-refractivity contribution in [3.8, 4) is 0 Å². The monoisotopic (exact) mass is 239 g/mol. The summed E-state index contributed by atoms with van der Waals surface area (Å²) in [4.78, 5) is 22.2. The molecule has 0 bridgehead atoms. The van der Waals surface area contributed by atoms with Crippen molar-refractivity contribution in [2.45, 2.75) is 18.4 Å². The molecule has 2 N–H and O–H groups in total. The van der Waals surface area contributed by atoms with Gasteiger partial charge in [0.05, 0.1) is 0 Å². The molecule has 2 atom stereocenters. The summed E-state index contributed by atoms with van der Waals surface area (Å²) < 4.78 is 0. The van der Waals surface area contributed by atoms with Gasteiger partial charge in [-0.05, 0) is 17.7 Å². The lowest BCUT2D eigenvalue weighted by atomic mass is 9.92. The molecule has 1 aliphatic heterocycles. The molecule has 0 spiro atoms. The number of benzene rings is 1. The third-order valence-electron chi connectivity index (χ3n) is 2.69. The molecule has 1 fully saturated rings. The number of halogens is 1. The maximum Gasteiger partial charge on any atom is 0.326 e. The molecule has 0 radical (unpaired) electrons. The molecule has 16 heavy (non-hydrogen) atoms. The van der Waals surface area contributed by atoms with Crippen LogP contribution in [0.3, 0.4) is 0 Å². The maximum atomic E-state index is 11.2. The van der Waals surface area contributed by atoms with Gasteiger partial charge in [0, 0.05) is 17.4 Å². The van der Waals surface area contributed by atoms with Crippen LogP contribution >= 0.6 is 11.6 Å². The van der Waals surface area contributed by atoms with Gasteiger partial charge < -0.3 is 10.4 Å². The van der Waals surface area contributed by atoms with Crippen LogP contribution in [0, 0.1) is 0 Å². The molecule has 5 heteroatoms. The number of carbonyl (C=O) groups is 2. The number of nitrogens with one attached hydrogen (secondary N) is 1. The first kappa shape index (κ1) is 11.0. The molecule has 1 amide bonds. The Labute approximate surface area is 97.2 Å². The summed E-state index contributed by atoms with van der Waals surface area (Å²) in [5.74, 6) is -1.56. The van der Waals surface area contributed by atoms with Crippen molar-refractivity contribution in [1.29, 1.82) is 0 Å². The molecule has 0 aliphatic carbocycles. The first-order valence-electron chi connectivity index (χ1n) is 4.85. The summed E-state index contributed by atoms with van der Waals surface area (Å²) in [7, 11) is 0. The summed E-state index contributed by atoms with van der Waals surface area (Å²) in [5.41, 5.74) is 0.815. The van der Waals surface area contributed by atoms with Gasteiger partial charge in [0.15, 0.2) is 0 Å². The Morgan fingerprint density at radius 2 is 2.00 bits per heavy atom. The SMILES string of the molecule is O=C1CC(c2ccc(Cl)cc2)C(C(=O)O)N1. The summed E-state index contributed by atoms with van der Waals surface area (Å²) in [6.07, 6.45) is 0.207. The Morgan fingerprint density at radius 1 is 1.38 bits per heavy atom. The number of carboxylic acids is 1. The number of rotatable bonds is 2. The van der Waals surface area contributed by atoms with Gasteiger partial charge in [0.2, 0.25) is 5.91 Å². The molecule has 1 aromatic carbocycles. The van der Waals surface area contributed by atoms with Crippen LogP contribution in [-0.2, 0) is 9.59 Å². The largest absolute Gasteiger partial charge is 0.480 e. The molecule has 2 unspecified atom stereocenters. The van der Waals surface area contributed by atoms with Crippen molar-refractivity contribution in [3.05, 3.63) is 34.9 Å². The number of aliphatic carboxylic acids is 1. The van der Waals surface area contributed by atoms with Crippen LogP contribution < -0.4 is 5.32 Å². The summed E-state index contributed by atoms with van der Waals surface area (Å²) >= 11 is 5.75. The predicted molar refractivity (Wildman–Crippen MR) is 58.4 cm³/mol. The Bertz CT molecular complexity index is 429. The molecule has 1 heterocycles. The molecule has 2 rings (SSSR count). The molecular weight excluding hydrogens is 230 g/mol. The summed E-state index contributed by atoms with van der Waals surface area (Å²) in [6, 6.07) is 6.05. The zero-order valence-electron chi connectivity index (χ0n) is 8.31. The second-order valence-corrected chi connectivity index (χ2v) is 4.18. The Hall–Kier alpha value is -1.55. The van der Waals surface area contributed by atoms with Gasteiger partial charge in [0.25, 0.3) is 0 Å². The minimum Gasteiger partial charge on any atom is -0.480 e. The van der Waals surface area contributed by atoms with Crippen LogP contribution in [0.4, 0.5) is 0 Å². The zero-order chi connectivity index (χ0) is 11.7. The second-order valence-electron chi connectivity index (χ2n) is 3.75. The highest BCUT2D eigenvalue weighted by Gasteiger charge is 2.38. The molecule has 1 saturated heterocycles. The van der Waals surface area contributed by atoms with Gasteiger partial charge in [-0.3, -0.25) is 4.79 Å². The third kappa shape index (κ3) is 2.02. The molecule has 0 aromatic heterocycles. The van der Waals surface area contributed by atoms with Crippen LogP contribution in [-0.4, -0.2) is 23.0 Å². The van der Waals surface area contributed by atoms with E-state index in [1.54, 1.807) is 24.3 Å². The minimum absolute atomic E-state index is 0.207. The molecule has 84 valence electrons. The van der Waals surface area contributed by atoms with Crippen molar-refractivity contribution in [1.82, 2.24) is 5.32 Å². The lowest BCUT2D eigenvalue weighted by Crippen LogP contribution is -2.35. The molecule has 4 nitrogen and oxygen atoms in total. The zero-order valence-corrected chi connectivity index (χ0v) is 9.07. The van der Waals surface area contributed by atoms with Gasteiger partial charge in [-0.15, -0.1) is 0 Å². The van der Waals surface area contributed by atoms with E-state index in [-0.39, 0.29) is 18.2 Å². The van der Waals surface area contributed by atoms with Crippen molar-refractivity contribution in [3.63, 3.8) is 0 Å². The topological polar surface area (TPSA) is 66.4 Å². The van der Waals surface area contributed by atoms with E-state index in [1.165, 1.54) is 0 Å².